The molecule has 0 N–H and O–H groups in total. The van der Waals surface area contributed by atoms with E-state index in [0.29, 0.717) is 5.92 Å². The van der Waals surface area contributed by atoms with E-state index in [2.05, 4.69) is 43.0 Å². The monoisotopic (exact) mass is 286 g/mol. The van der Waals surface area contributed by atoms with Gasteiger partial charge in [-0.25, -0.2) is 0 Å². The summed E-state index contributed by atoms with van der Waals surface area (Å²) in [6, 6.07) is 8.26. The first-order chi connectivity index (χ1) is 10.0. The van der Waals surface area contributed by atoms with Gasteiger partial charge in [-0.05, 0) is 44.5 Å². The van der Waals surface area contributed by atoms with Gasteiger partial charge in [0.1, 0.15) is 0 Å². The third-order valence-electron chi connectivity index (χ3n) is 5.02. The summed E-state index contributed by atoms with van der Waals surface area (Å²) in [7, 11) is 4.20. The summed E-state index contributed by atoms with van der Waals surface area (Å²) >= 11 is 0. The summed E-state index contributed by atoms with van der Waals surface area (Å²) in [6.45, 7) is 4.14. The number of hydrogen-bond donors (Lipinski definition) is 0. The van der Waals surface area contributed by atoms with Crippen molar-refractivity contribution in [1.82, 2.24) is 9.80 Å². The molecule has 1 amide bonds. The summed E-state index contributed by atoms with van der Waals surface area (Å²) in [4.78, 5) is 17.3. The molecule has 1 aromatic rings. The fraction of sp³-hybridized carbons (Fsp3) is 0.611. The van der Waals surface area contributed by atoms with Crippen LogP contribution in [-0.4, -0.2) is 42.9 Å². The zero-order valence-corrected chi connectivity index (χ0v) is 13.4. The van der Waals surface area contributed by atoms with Gasteiger partial charge in [0, 0.05) is 18.7 Å². The van der Waals surface area contributed by atoms with E-state index < -0.39 is 0 Å². The van der Waals surface area contributed by atoms with E-state index in [-0.39, 0.29) is 11.4 Å². The Morgan fingerprint density at radius 2 is 1.90 bits per heavy atom. The van der Waals surface area contributed by atoms with Gasteiger partial charge in [0.05, 0.1) is 5.54 Å². The summed E-state index contributed by atoms with van der Waals surface area (Å²) in [6.07, 6.45) is 4.73. The van der Waals surface area contributed by atoms with Crippen LogP contribution in [0.25, 0.3) is 0 Å². The molecule has 1 heterocycles. The zero-order chi connectivity index (χ0) is 15.0. The summed E-state index contributed by atoms with van der Waals surface area (Å²) < 4.78 is 0. The third-order valence-corrected chi connectivity index (χ3v) is 5.02. The molecule has 1 aliphatic carbocycles. The van der Waals surface area contributed by atoms with E-state index in [1.165, 1.54) is 18.4 Å². The maximum atomic E-state index is 12.9. The average Bonchev–Trinajstić information content (AvgIpc) is 3.00. The van der Waals surface area contributed by atoms with Gasteiger partial charge in [-0.2, -0.15) is 0 Å². The van der Waals surface area contributed by atoms with Crippen LogP contribution in [0.5, 0.6) is 0 Å². The minimum atomic E-state index is -0.00570. The van der Waals surface area contributed by atoms with Gasteiger partial charge in [0.15, 0.2) is 0 Å². The van der Waals surface area contributed by atoms with Crippen molar-refractivity contribution in [1.29, 1.82) is 0 Å². The zero-order valence-electron chi connectivity index (χ0n) is 13.4. The molecule has 3 nitrogen and oxygen atoms in total. The van der Waals surface area contributed by atoms with Crippen LogP contribution < -0.4 is 0 Å². The van der Waals surface area contributed by atoms with Crippen LogP contribution in [0.3, 0.4) is 0 Å². The van der Waals surface area contributed by atoms with Gasteiger partial charge in [0.2, 0.25) is 0 Å². The minimum Gasteiger partial charge on any atom is -0.329 e. The number of nitrogens with zero attached hydrogens (tertiary/aromatic N) is 2. The molecule has 0 aromatic heterocycles. The molecule has 1 unspecified atom stereocenters. The second-order valence-electron chi connectivity index (χ2n) is 7.07. The predicted molar refractivity (Wildman–Crippen MR) is 85.3 cm³/mol. The number of fused-ring (bicyclic) bond motifs is 2. The highest BCUT2D eigenvalue weighted by Gasteiger charge is 2.50. The van der Waals surface area contributed by atoms with Crippen LogP contribution in [0, 0.1) is 5.92 Å². The van der Waals surface area contributed by atoms with Crippen molar-refractivity contribution in [2.24, 2.45) is 5.92 Å². The molecule has 3 heteroatoms. The molecule has 2 aliphatic rings. The molecule has 1 spiro atoms. The lowest BCUT2D eigenvalue weighted by atomic mass is 9.87. The molecule has 114 valence electrons. The van der Waals surface area contributed by atoms with Crippen molar-refractivity contribution in [2.45, 2.75) is 38.1 Å². The molecule has 21 heavy (non-hydrogen) atoms. The Morgan fingerprint density at radius 1 is 1.24 bits per heavy atom. The van der Waals surface area contributed by atoms with Gasteiger partial charge in [-0.15, -0.1) is 0 Å². The standard InChI is InChI=1S/C18H26N2O/c1-14(12-19(2)3)13-20-17(21)15-8-4-5-9-16(15)18(20)10-6-7-11-18/h4-5,8-9,14H,6-7,10-13H2,1-3H3. The van der Waals surface area contributed by atoms with Gasteiger partial charge >= 0.3 is 0 Å². The number of hydrogen-bond acceptors (Lipinski definition) is 2. The van der Waals surface area contributed by atoms with E-state index in [1.807, 2.05) is 12.1 Å². The SMILES string of the molecule is CC(CN(C)C)CN1C(=O)c2ccccc2C12CCCC2. The molecule has 0 bridgehead atoms. The van der Waals surface area contributed by atoms with Crippen molar-refractivity contribution < 1.29 is 4.79 Å². The summed E-state index contributed by atoms with van der Waals surface area (Å²) in [5.41, 5.74) is 2.22. The quantitative estimate of drug-likeness (QED) is 0.849. The Bertz CT molecular complexity index is 532. The van der Waals surface area contributed by atoms with Crippen LogP contribution in [-0.2, 0) is 5.54 Å². The topological polar surface area (TPSA) is 23.6 Å². The van der Waals surface area contributed by atoms with Gasteiger partial charge in [0.25, 0.3) is 5.91 Å². The minimum absolute atomic E-state index is 0.00570. The van der Waals surface area contributed by atoms with E-state index in [4.69, 9.17) is 0 Å². The molecule has 0 saturated heterocycles. The number of rotatable bonds is 4. The van der Waals surface area contributed by atoms with Crippen LogP contribution in [0.2, 0.25) is 0 Å². The first kappa shape index (κ1) is 14.6. The van der Waals surface area contributed by atoms with Crippen LogP contribution in [0.4, 0.5) is 0 Å². The largest absolute Gasteiger partial charge is 0.329 e. The lowest BCUT2D eigenvalue weighted by Crippen LogP contribution is -2.45. The van der Waals surface area contributed by atoms with Crippen molar-refractivity contribution in [3.05, 3.63) is 35.4 Å². The molecule has 3 rings (SSSR count). The van der Waals surface area contributed by atoms with E-state index in [9.17, 15) is 4.79 Å². The molecule has 1 fully saturated rings. The normalized spacial score (nSPS) is 21.3. The van der Waals surface area contributed by atoms with Crippen LogP contribution in [0.15, 0.2) is 24.3 Å². The summed E-state index contributed by atoms with van der Waals surface area (Å²) in [5.74, 6) is 0.744. The molecule has 1 saturated carbocycles. The number of amides is 1. The lowest BCUT2D eigenvalue weighted by molar-refractivity contribution is 0.0493. The maximum Gasteiger partial charge on any atom is 0.254 e. The van der Waals surface area contributed by atoms with Gasteiger partial charge in [-0.3, -0.25) is 4.79 Å². The van der Waals surface area contributed by atoms with Crippen molar-refractivity contribution in [3.8, 4) is 0 Å². The molecule has 1 aliphatic heterocycles. The van der Waals surface area contributed by atoms with E-state index >= 15 is 0 Å². The van der Waals surface area contributed by atoms with E-state index in [1.54, 1.807) is 0 Å². The fourth-order valence-corrected chi connectivity index (χ4v) is 4.31. The molecular formula is C18H26N2O. The van der Waals surface area contributed by atoms with Gasteiger partial charge < -0.3 is 9.80 Å². The number of carbonyl (C=O) groups excluding carboxylic acids is 1. The Kier molecular flexibility index (Phi) is 3.78. The van der Waals surface area contributed by atoms with Gasteiger partial charge in [-0.1, -0.05) is 38.0 Å². The fourth-order valence-electron chi connectivity index (χ4n) is 4.31. The molecule has 1 aromatic carbocycles. The second-order valence-corrected chi connectivity index (χ2v) is 7.07. The van der Waals surface area contributed by atoms with Crippen LogP contribution in [0.1, 0.15) is 48.5 Å². The summed E-state index contributed by atoms with van der Waals surface area (Å²) in [5, 5.41) is 0. The molecular weight excluding hydrogens is 260 g/mol. The van der Waals surface area contributed by atoms with E-state index in [0.717, 1.165) is 31.5 Å². The first-order valence-electron chi connectivity index (χ1n) is 8.11. The smallest absolute Gasteiger partial charge is 0.254 e. The number of benzene rings is 1. The number of carbonyl (C=O) groups is 1. The van der Waals surface area contributed by atoms with Crippen LogP contribution >= 0.6 is 0 Å². The third kappa shape index (κ3) is 2.38. The average molecular weight is 286 g/mol. The highest BCUT2D eigenvalue weighted by Crippen LogP contribution is 2.50. The van der Waals surface area contributed by atoms with Crippen molar-refractivity contribution in [2.75, 3.05) is 27.2 Å². The highest BCUT2D eigenvalue weighted by molar-refractivity contribution is 6.00. The Labute approximate surface area is 127 Å². The predicted octanol–water partition coefficient (Wildman–Crippen LogP) is 3.11. The first-order valence-corrected chi connectivity index (χ1v) is 8.11. The maximum absolute atomic E-state index is 12.9. The van der Waals surface area contributed by atoms with Crippen molar-refractivity contribution in [3.63, 3.8) is 0 Å². The molecule has 1 atom stereocenters. The second kappa shape index (κ2) is 5.45. The molecule has 0 radical (unpaired) electrons. The van der Waals surface area contributed by atoms with Crippen molar-refractivity contribution >= 4 is 5.91 Å². The Morgan fingerprint density at radius 3 is 2.57 bits per heavy atom. The highest BCUT2D eigenvalue weighted by atomic mass is 16.2. The lowest BCUT2D eigenvalue weighted by Gasteiger charge is -2.38. The Hall–Kier alpha value is -1.35. The Balaban J connectivity index is 1.91.